The lowest BCUT2D eigenvalue weighted by atomic mass is 10.2. The van der Waals surface area contributed by atoms with E-state index in [-0.39, 0.29) is 36.2 Å². The van der Waals surface area contributed by atoms with E-state index in [1.54, 1.807) is 6.92 Å². The van der Waals surface area contributed by atoms with Gasteiger partial charge in [-0.15, -0.1) is 0 Å². The second kappa shape index (κ2) is 6.42. The van der Waals surface area contributed by atoms with Crippen LogP contribution in [0.15, 0.2) is 12.1 Å². The van der Waals surface area contributed by atoms with Crippen molar-refractivity contribution in [1.29, 1.82) is 0 Å². The molecule has 1 N–H and O–H groups in total. The summed E-state index contributed by atoms with van der Waals surface area (Å²) < 4.78 is 22.9. The van der Waals surface area contributed by atoms with Crippen molar-refractivity contribution >= 4 is 17.6 Å². The number of halogens is 2. The van der Waals surface area contributed by atoms with E-state index in [1.165, 1.54) is 6.07 Å². The highest BCUT2D eigenvalue weighted by molar-refractivity contribution is 6.31. The summed E-state index contributed by atoms with van der Waals surface area (Å²) in [5.74, 6) is -1.43. The standard InChI is InChI=1S/C11H12ClFO4/c1-2-16-11(15)6-17-10-4-8(12)7(5-14)3-9(10)13/h3-4,14H,2,5-6H2,1H3. The summed E-state index contributed by atoms with van der Waals surface area (Å²) >= 11 is 5.76. The first kappa shape index (κ1) is 13.7. The number of carbonyl (C=O) groups is 1. The second-order valence-corrected chi connectivity index (χ2v) is 3.53. The fourth-order valence-electron chi connectivity index (χ4n) is 1.14. The van der Waals surface area contributed by atoms with Gasteiger partial charge in [0, 0.05) is 11.1 Å². The molecule has 0 saturated heterocycles. The number of aliphatic hydroxyl groups is 1. The van der Waals surface area contributed by atoms with Gasteiger partial charge in [0.05, 0.1) is 13.2 Å². The first-order valence-corrected chi connectivity index (χ1v) is 5.33. The summed E-state index contributed by atoms with van der Waals surface area (Å²) in [7, 11) is 0. The topological polar surface area (TPSA) is 55.8 Å². The average molecular weight is 263 g/mol. The molecule has 0 saturated carbocycles. The van der Waals surface area contributed by atoms with Crippen LogP contribution in [0, 0.1) is 5.82 Å². The van der Waals surface area contributed by atoms with Gasteiger partial charge in [-0.2, -0.15) is 0 Å². The van der Waals surface area contributed by atoms with E-state index in [4.69, 9.17) is 21.4 Å². The molecule has 0 aliphatic rings. The number of hydrogen-bond donors (Lipinski definition) is 1. The van der Waals surface area contributed by atoms with Gasteiger partial charge in [-0.05, 0) is 18.6 Å². The van der Waals surface area contributed by atoms with Crippen LogP contribution in [0.3, 0.4) is 0 Å². The lowest BCUT2D eigenvalue weighted by Gasteiger charge is -2.09. The van der Waals surface area contributed by atoms with Crippen molar-refractivity contribution in [2.75, 3.05) is 13.2 Å². The van der Waals surface area contributed by atoms with Gasteiger partial charge in [-0.1, -0.05) is 11.6 Å². The lowest BCUT2D eigenvalue weighted by molar-refractivity contribution is -0.145. The molecule has 4 nitrogen and oxygen atoms in total. The normalized spacial score (nSPS) is 10.1. The summed E-state index contributed by atoms with van der Waals surface area (Å²) in [5, 5.41) is 9.03. The van der Waals surface area contributed by atoms with Gasteiger partial charge in [0.2, 0.25) is 0 Å². The third-order valence-corrected chi connectivity index (χ3v) is 2.27. The highest BCUT2D eigenvalue weighted by Crippen LogP contribution is 2.26. The van der Waals surface area contributed by atoms with Gasteiger partial charge in [-0.25, -0.2) is 9.18 Å². The molecule has 17 heavy (non-hydrogen) atoms. The Balaban J connectivity index is 2.72. The first-order valence-electron chi connectivity index (χ1n) is 4.95. The van der Waals surface area contributed by atoms with Gasteiger partial charge in [0.1, 0.15) is 0 Å². The molecule has 0 aliphatic heterocycles. The molecule has 0 heterocycles. The van der Waals surface area contributed by atoms with Gasteiger partial charge >= 0.3 is 5.97 Å². The van der Waals surface area contributed by atoms with Gasteiger partial charge < -0.3 is 14.6 Å². The molecule has 0 unspecified atom stereocenters. The zero-order chi connectivity index (χ0) is 12.8. The Bertz CT molecular complexity index is 409. The highest BCUT2D eigenvalue weighted by atomic mass is 35.5. The van der Waals surface area contributed by atoms with Crippen LogP contribution in [0.25, 0.3) is 0 Å². The number of esters is 1. The molecular formula is C11H12ClFO4. The number of benzene rings is 1. The van der Waals surface area contributed by atoms with Crippen LogP contribution in [0.2, 0.25) is 5.02 Å². The smallest absolute Gasteiger partial charge is 0.344 e. The van der Waals surface area contributed by atoms with Crippen LogP contribution in [-0.4, -0.2) is 24.3 Å². The molecule has 0 aliphatic carbocycles. The molecule has 0 amide bonds. The van der Waals surface area contributed by atoms with Crippen molar-refractivity contribution in [3.8, 4) is 5.75 Å². The summed E-state index contributed by atoms with van der Waals surface area (Å²) in [6.45, 7) is 1.13. The molecule has 6 heteroatoms. The second-order valence-electron chi connectivity index (χ2n) is 3.13. The molecular weight excluding hydrogens is 251 g/mol. The molecule has 0 radical (unpaired) electrons. The first-order chi connectivity index (χ1) is 8.08. The van der Waals surface area contributed by atoms with E-state index in [0.717, 1.165) is 6.07 Å². The Labute approximate surface area is 103 Å². The highest BCUT2D eigenvalue weighted by Gasteiger charge is 2.11. The maximum absolute atomic E-state index is 13.4. The molecule has 1 aromatic carbocycles. The number of aliphatic hydroxyl groups excluding tert-OH is 1. The van der Waals surface area contributed by atoms with Crippen LogP contribution in [0.1, 0.15) is 12.5 Å². The van der Waals surface area contributed by atoms with Crippen molar-refractivity contribution in [2.45, 2.75) is 13.5 Å². The fourth-order valence-corrected chi connectivity index (χ4v) is 1.35. The molecule has 0 atom stereocenters. The predicted molar refractivity (Wildman–Crippen MR) is 59.5 cm³/mol. The van der Waals surface area contributed by atoms with Crippen molar-refractivity contribution in [1.82, 2.24) is 0 Å². The van der Waals surface area contributed by atoms with Crippen molar-refractivity contribution in [2.24, 2.45) is 0 Å². The minimum atomic E-state index is -0.692. The quantitative estimate of drug-likeness (QED) is 0.824. The molecule has 0 fully saturated rings. The molecule has 94 valence electrons. The lowest BCUT2D eigenvalue weighted by Crippen LogP contribution is -2.15. The van der Waals surface area contributed by atoms with E-state index in [0.29, 0.717) is 0 Å². The molecule has 0 spiro atoms. The Morgan fingerprint density at radius 3 is 2.82 bits per heavy atom. The number of hydrogen-bond acceptors (Lipinski definition) is 4. The van der Waals surface area contributed by atoms with Crippen LogP contribution in [0.5, 0.6) is 5.75 Å². The van der Waals surface area contributed by atoms with Gasteiger partial charge in [0.15, 0.2) is 18.2 Å². The van der Waals surface area contributed by atoms with E-state index in [2.05, 4.69) is 4.74 Å². The summed E-state index contributed by atoms with van der Waals surface area (Å²) in [5.41, 5.74) is 0.257. The minimum absolute atomic E-state index is 0.153. The molecule has 1 rings (SSSR count). The SMILES string of the molecule is CCOC(=O)COc1cc(Cl)c(CO)cc1F. The molecule has 0 aromatic heterocycles. The van der Waals surface area contributed by atoms with Crippen LogP contribution in [0.4, 0.5) is 4.39 Å². The van der Waals surface area contributed by atoms with Crippen LogP contribution < -0.4 is 4.74 Å². The minimum Gasteiger partial charge on any atom is -0.479 e. The number of carbonyl (C=O) groups excluding carboxylic acids is 1. The Morgan fingerprint density at radius 2 is 2.24 bits per heavy atom. The Morgan fingerprint density at radius 1 is 1.53 bits per heavy atom. The predicted octanol–water partition coefficient (Wildman–Crippen LogP) is 1.91. The van der Waals surface area contributed by atoms with E-state index < -0.39 is 11.8 Å². The van der Waals surface area contributed by atoms with Crippen molar-refractivity contribution < 1.29 is 23.8 Å². The largest absolute Gasteiger partial charge is 0.479 e. The average Bonchev–Trinajstić information content (AvgIpc) is 2.30. The van der Waals surface area contributed by atoms with Gasteiger partial charge in [-0.3, -0.25) is 0 Å². The van der Waals surface area contributed by atoms with Crippen LogP contribution >= 0.6 is 11.6 Å². The summed E-state index contributed by atoms with van der Waals surface area (Å²) in [6, 6.07) is 2.27. The number of rotatable bonds is 5. The van der Waals surface area contributed by atoms with Crippen molar-refractivity contribution in [3.05, 3.63) is 28.5 Å². The summed E-state index contributed by atoms with van der Waals surface area (Å²) in [6.07, 6.45) is 0. The van der Waals surface area contributed by atoms with E-state index in [1.807, 2.05) is 0 Å². The van der Waals surface area contributed by atoms with E-state index >= 15 is 0 Å². The summed E-state index contributed by atoms with van der Waals surface area (Å²) in [4.78, 5) is 11.0. The zero-order valence-electron chi connectivity index (χ0n) is 9.20. The number of ether oxygens (including phenoxy) is 2. The Kier molecular flexibility index (Phi) is 5.18. The fraction of sp³-hybridized carbons (Fsp3) is 0.364. The van der Waals surface area contributed by atoms with Crippen LogP contribution in [-0.2, 0) is 16.1 Å². The molecule has 0 bridgehead atoms. The van der Waals surface area contributed by atoms with Crippen molar-refractivity contribution in [3.63, 3.8) is 0 Å². The maximum atomic E-state index is 13.4. The van der Waals surface area contributed by atoms with E-state index in [9.17, 15) is 9.18 Å². The third kappa shape index (κ3) is 3.87. The van der Waals surface area contributed by atoms with Gasteiger partial charge in [0.25, 0.3) is 0 Å². The maximum Gasteiger partial charge on any atom is 0.344 e. The third-order valence-electron chi connectivity index (χ3n) is 1.92. The monoisotopic (exact) mass is 262 g/mol. The Hall–Kier alpha value is -1.33. The molecule has 1 aromatic rings. The zero-order valence-corrected chi connectivity index (χ0v) is 9.96.